The van der Waals surface area contributed by atoms with E-state index in [0.29, 0.717) is 13.2 Å². The second-order valence-corrected chi connectivity index (χ2v) is 3.93. The van der Waals surface area contributed by atoms with Crippen LogP contribution in [0.4, 0.5) is 0 Å². The molecular formula is C13H13NO4. The first-order chi connectivity index (χ1) is 8.65. The fraction of sp³-hybridized carbons (Fsp3) is 0.231. The lowest BCUT2D eigenvalue weighted by atomic mass is 10.1. The Morgan fingerprint density at radius 2 is 2.22 bits per heavy atom. The van der Waals surface area contributed by atoms with Crippen LogP contribution in [0.1, 0.15) is 11.1 Å². The van der Waals surface area contributed by atoms with Gasteiger partial charge in [0.15, 0.2) is 0 Å². The molecule has 0 bridgehead atoms. The van der Waals surface area contributed by atoms with Gasteiger partial charge in [0, 0.05) is 25.1 Å². The fourth-order valence-corrected chi connectivity index (χ4v) is 1.74. The SMILES string of the molecule is O=C(O)/C=C/C(=O)NCc1ccc2c(c1)CCO2. The van der Waals surface area contributed by atoms with Crippen LogP contribution in [0.15, 0.2) is 30.4 Å². The molecular weight excluding hydrogens is 234 g/mol. The predicted molar refractivity (Wildman–Crippen MR) is 64.3 cm³/mol. The standard InChI is InChI=1S/C13H13NO4/c15-12(3-4-13(16)17)14-8-9-1-2-11-10(7-9)5-6-18-11/h1-4,7H,5-6,8H2,(H,14,15)(H,16,17)/b4-3+. The van der Waals surface area contributed by atoms with Gasteiger partial charge in [-0.3, -0.25) is 4.79 Å². The fourth-order valence-electron chi connectivity index (χ4n) is 1.74. The molecule has 0 saturated heterocycles. The van der Waals surface area contributed by atoms with Crippen molar-refractivity contribution in [2.75, 3.05) is 6.61 Å². The zero-order valence-corrected chi connectivity index (χ0v) is 9.68. The second kappa shape index (κ2) is 5.35. The highest BCUT2D eigenvalue weighted by Gasteiger charge is 2.11. The highest BCUT2D eigenvalue weighted by Crippen LogP contribution is 2.25. The van der Waals surface area contributed by atoms with Gasteiger partial charge in [-0.05, 0) is 17.2 Å². The Morgan fingerprint density at radius 1 is 1.39 bits per heavy atom. The highest BCUT2D eigenvalue weighted by molar-refractivity contribution is 5.93. The monoisotopic (exact) mass is 247 g/mol. The van der Waals surface area contributed by atoms with Crippen molar-refractivity contribution in [1.29, 1.82) is 0 Å². The van der Waals surface area contributed by atoms with E-state index in [1.54, 1.807) is 0 Å². The lowest BCUT2D eigenvalue weighted by molar-refractivity contribution is -0.131. The Hall–Kier alpha value is -2.30. The number of nitrogens with one attached hydrogen (secondary N) is 1. The minimum atomic E-state index is -1.14. The van der Waals surface area contributed by atoms with Crippen LogP contribution in [0, 0.1) is 0 Å². The molecule has 0 fully saturated rings. The smallest absolute Gasteiger partial charge is 0.328 e. The summed E-state index contributed by atoms with van der Waals surface area (Å²) in [5, 5.41) is 11.0. The van der Waals surface area contributed by atoms with Crippen LogP contribution < -0.4 is 10.1 Å². The van der Waals surface area contributed by atoms with Gasteiger partial charge in [0.25, 0.3) is 0 Å². The minimum absolute atomic E-state index is 0.371. The first-order valence-corrected chi connectivity index (χ1v) is 5.58. The van der Waals surface area contributed by atoms with E-state index in [1.165, 1.54) is 0 Å². The van der Waals surface area contributed by atoms with E-state index in [0.717, 1.165) is 35.4 Å². The summed E-state index contributed by atoms with van der Waals surface area (Å²) < 4.78 is 5.38. The molecule has 5 nitrogen and oxygen atoms in total. The summed E-state index contributed by atoms with van der Waals surface area (Å²) in [5.74, 6) is -0.662. The number of hydrogen-bond acceptors (Lipinski definition) is 3. The number of fused-ring (bicyclic) bond motifs is 1. The highest BCUT2D eigenvalue weighted by atomic mass is 16.5. The number of carbonyl (C=O) groups is 2. The topological polar surface area (TPSA) is 75.6 Å². The zero-order chi connectivity index (χ0) is 13.0. The first kappa shape index (κ1) is 12.2. The van der Waals surface area contributed by atoms with Crippen molar-refractivity contribution in [3.63, 3.8) is 0 Å². The third-order valence-electron chi connectivity index (χ3n) is 2.60. The number of amides is 1. The third-order valence-corrected chi connectivity index (χ3v) is 2.60. The summed E-state index contributed by atoms with van der Waals surface area (Å²) in [4.78, 5) is 21.5. The van der Waals surface area contributed by atoms with Crippen LogP contribution in [0.5, 0.6) is 5.75 Å². The number of benzene rings is 1. The summed E-state index contributed by atoms with van der Waals surface area (Å²) in [5.41, 5.74) is 2.11. The van der Waals surface area contributed by atoms with Crippen molar-refractivity contribution in [2.24, 2.45) is 0 Å². The molecule has 1 aliphatic rings. The van der Waals surface area contributed by atoms with E-state index < -0.39 is 11.9 Å². The summed E-state index contributed by atoms with van der Waals surface area (Å²) in [7, 11) is 0. The lowest BCUT2D eigenvalue weighted by Gasteiger charge is -2.04. The molecule has 94 valence electrons. The molecule has 2 N–H and O–H groups in total. The van der Waals surface area contributed by atoms with Gasteiger partial charge in [-0.15, -0.1) is 0 Å². The van der Waals surface area contributed by atoms with Gasteiger partial charge in [-0.25, -0.2) is 4.79 Å². The molecule has 0 aliphatic carbocycles. The molecule has 0 saturated carbocycles. The Bertz CT molecular complexity index is 508. The van der Waals surface area contributed by atoms with Gasteiger partial charge in [0.1, 0.15) is 5.75 Å². The number of carboxylic acid groups (broad SMARTS) is 1. The number of ether oxygens (including phenoxy) is 1. The molecule has 0 aromatic heterocycles. The first-order valence-electron chi connectivity index (χ1n) is 5.58. The number of carboxylic acids is 1. The zero-order valence-electron chi connectivity index (χ0n) is 9.68. The maximum absolute atomic E-state index is 11.3. The number of aliphatic carboxylic acids is 1. The number of carbonyl (C=O) groups excluding carboxylic acids is 1. The van der Waals surface area contributed by atoms with Gasteiger partial charge in [0.2, 0.25) is 5.91 Å². The molecule has 1 aromatic carbocycles. The number of rotatable bonds is 4. The average Bonchev–Trinajstić information content (AvgIpc) is 2.81. The minimum Gasteiger partial charge on any atom is -0.493 e. The van der Waals surface area contributed by atoms with Crippen molar-refractivity contribution < 1.29 is 19.4 Å². The van der Waals surface area contributed by atoms with E-state index in [2.05, 4.69) is 5.32 Å². The van der Waals surface area contributed by atoms with Crippen LogP contribution in [0.2, 0.25) is 0 Å². The van der Waals surface area contributed by atoms with Gasteiger partial charge in [-0.2, -0.15) is 0 Å². The van der Waals surface area contributed by atoms with Gasteiger partial charge < -0.3 is 15.2 Å². The quantitative estimate of drug-likeness (QED) is 0.774. The largest absolute Gasteiger partial charge is 0.493 e. The average molecular weight is 247 g/mol. The molecule has 2 rings (SSSR count). The molecule has 1 aromatic rings. The van der Waals surface area contributed by atoms with Gasteiger partial charge >= 0.3 is 5.97 Å². The Morgan fingerprint density at radius 3 is 3.00 bits per heavy atom. The van der Waals surface area contributed by atoms with E-state index in [9.17, 15) is 9.59 Å². The van der Waals surface area contributed by atoms with E-state index >= 15 is 0 Å². The molecule has 18 heavy (non-hydrogen) atoms. The summed E-state index contributed by atoms with van der Waals surface area (Å²) in [6.07, 6.45) is 2.70. The second-order valence-electron chi connectivity index (χ2n) is 3.93. The molecule has 5 heteroatoms. The summed E-state index contributed by atoms with van der Waals surface area (Å²) in [6.45, 7) is 1.07. The number of hydrogen-bond donors (Lipinski definition) is 2. The van der Waals surface area contributed by atoms with E-state index in [4.69, 9.17) is 9.84 Å². The molecule has 1 aliphatic heterocycles. The van der Waals surface area contributed by atoms with Crippen molar-refractivity contribution in [3.8, 4) is 5.75 Å². The van der Waals surface area contributed by atoms with Crippen molar-refractivity contribution in [1.82, 2.24) is 5.32 Å². The third kappa shape index (κ3) is 3.10. The Balaban J connectivity index is 1.90. The Labute approximate surface area is 104 Å². The molecule has 1 heterocycles. The Kier molecular flexibility index (Phi) is 3.62. The van der Waals surface area contributed by atoms with Crippen LogP contribution in [0.3, 0.4) is 0 Å². The van der Waals surface area contributed by atoms with Gasteiger partial charge in [0.05, 0.1) is 6.61 Å². The molecule has 0 unspecified atom stereocenters. The van der Waals surface area contributed by atoms with Crippen LogP contribution in [0.25, 0.3) is 0 Å². The van der Waals surface area contributed by atoms with E-state index in [1.807, 2.05) is 18.2 Å². The molecule has 0 atom stereocenters. The molecule has 1 amide bonds. The lowest BCUT2D eigenvalue weighted by Crippen LogP contribution is -2.20. The van der Waals surface area contributed by atoms with Crippen LogP contribution >= 0.6 is 0 Å². The molecule has 0 radical (unpaired) electrons. The molecule has 0 spiro atoms. The predicted octanol–water partition coefficient (Wildman–Crippen LogP) is 0.878. The van der Waals surface area contributed by atoms with Crippen LogP contribution in [-0.4, -0.2) is 23.6 Å². The van der Waals surface area contributed by atoms with Gasteiger partial charge in [-0.1, -0.05) is 12.1 Å². The van der Waals surface area contributed by atoms with Crippen LogP contribution in [-0.2, 0) is 22.6 Å². The van der Waals surface area contributed by atoms with E-state index in [-0.39, 0.29) is 0 Å². The van der Waals surface area contributed by atoms with Crippen molar-refractivity contribution in [2.45, 2.75) is 13.0 Å². The summed E-state index contributed by atoms with van der Waals surface area (Å²) in [6, 6.07) is 5.76. The maximum Gasteiger partial charge on any atom is 0.328 e. The van der Waals surface area contributed by atoms with Crippen molar-refractivity contribution >= 4 is 11.9 Å². The normalized spacial score (nSPS) is 13.1. The van der Waals surface area contributed by atoms with Crippen molar-refractivity contribution in [3.05, 3.63) is 41.5 Å². The summed E-state index contributed by atoms with van der Waals surface area (Å²) >= 11 is 0. The maximum atomic E-state index is 11.3.